The molecule has 172 valence electrons. The molecule has 1 N–H and O–H groups in total. The van der Waals surface area contributed by atoms with E-state index in [4.69, 9.17) is 9.47 Å². The van der Waals surface area contributed by atoms with Crippen molar-refractivity contribution < 1.29 is 13.9 Å². The van der Waals surface area contributed by atoms with E-state index in [-0.39, 0.29) is 11.8 Å². The largest absolute Gasteiger partial charge is 0.491 e. The number of hydrogen-bond donors (Lipinski definition) is 1. The molecular weight excluding hydrogens is 579 g/mol. The molecule has 0 aliphatic heterocycles. The molecule has 0 aliphatic rings. The molecule has 0 saturated carbocycles. The van der Waals surface area contributed by atoms with E-state index in [2.05, 4.69) is 47.5 Å². The summed E-state index contributed by atoms with van der Waals surface area (Å²) in [5.41, 5.74) is 2.14. The maximum absolute atomic E-state index is 14.6. The summed E-state index contributed by atoms with van der Waals surface area (Å²) in [6.45, 7) is 1.97. The molecule has 1 aromatic carbocycles. The van der Waals surface area contributed by atoms with E-state index in [1.165, 1.54) is 24.9 Å². The van der Waals surface area contributed by atoms with Crippen molar-refractivity contribution in [2.45, 2.75) is 11.8 Å². The normalized spacial score (nSPS) is 11.3. The van der Waals surface area contributed by atoms with Crippen molar-refractivity contribution in [1.29, 1.82) is 0 Å². The molecule has 1 atom stereocenters. The zero-order valence-electron chi connectivity index (χ0n) is 18.1. The number of anilines is 2. The Labute approximate surface area is 208 Å². The van der Waals surface area contributed by atoms with E-state index in [0.29, 0.717) is 35.0 Å². The zero-order valence-corrected chi connectivity index (χ0v) is 22.1. The average Bonchev–Trinajstić information content (AvgIpc) is 3.39. The van der Waals surface area contributed by atoms with Crippen molar-refractivity contribution >= 4 is 51.8 Å². The number of ether oxygens (including phenoxy) is 2. The number of methoxy groups -OCH3 is 1. The molecule has 3 heterocycles. The van der Waals surface area contributed by atoms with Crippen LogP contribution in [0.15, 0.2) is 41.6 Å². The Hall–Kier alpha value is -2.44. The summed E-state index contributed by atoms with van der Waals surface area (Å²) in [4.78, 5) is 9.74. The molecule has 4 aromatic rings. The van der Waals surface area contributed by atoms with Crippen LogP contribution in [0.25, 0.3) is 11.3 Å². The number of nitrogens with one attached hydrogen (secondary N) is 1. The van der Waals surface area contributed by atoms with Crippen LogP contribution in [0.2, 0.25) is 0 Å². The topological polar surface area (TPSA) is 91.9 Å². The summed E-state index contributed by atoms with van der Waals surface area (Å²) in [5, 5.41) is 11.9. The summed E-state index contributed by atoms with van der Waals surface area (Å²) in [6, 6.07) is 6.59. The van der Waals surface area contributed by atoms with Gasteiger partial charge in [-0.3, -0.25) is 4.68 Å². The molecule has 0 aliphatic carbocycles. The number of thioether (sulfide) groups is 1. The number of benzene rings is 1. The molecule has 0 saturated heterocycles. The van der Waals surface area contributed by atoms with Gasteiger partial charge in [0.15, 0.2) is 29.0 Å². The molecule has 0 bridgehead atoms. The van der Waals surface area contributed by atoms with Crippen molar-refractivity contribution in [3.05, 3.63) is 48.2 Å². The third-order valence-corrected chi connectivity index (χ3v) is 7.29. The van der Waals surface area contributed by atoms with E-state index in [9.17, 15) is 4.39 Å². The first kappa shape index (κ1) is 23.7. The summed E-state index contributed by atoms with van der Waals surface area (Å²) < 4.78 is 29.5. The number of halogens is 2. The lowest BCUT2D eigenvalue weighted by Crippen LogP contribution is -2.04. The monoisotopic (exact) mass is 599 g/mol. The molecule has 4 rings (SSSR count). The van der Waals surface area contributed by atoms with Gasteiger partial charge in [0.05, 0.1) is 19.7 Å². The smallest absolute Gasteiger partial charge is 0.324 e. The first-order chi connectivity index (χ1) is 15.9. The van der Waals surface area contributed by atoms with Crippen molar-refractivity contribution in [3.63, 3.8) is 0 Å². The van der Waals surface area contributed by atoms with Gasteiger partial charge >= 0.3 is 6.01 Å². The van der Waals surface area contributed by atoms with Crippen LogP contribution in [0.1, 0.15) is 5.69 Å². The number of rotatable bonds is 8. The second-order valence-corrected chi connectivity index (χ2v) is 9.75. The highest BCUT2D eigenvalue weighted by atomic mass is 127. The van der Waals surface area contributed by atoms with Crippen molar-refractivity contribution in [1.82, 2.24) is 29.3 Å². The van der Waals surface area contributed by atoms with E-state index in [1.54, 1.807) is 36.3 Å². The molecule has 0 amide bonds. The lowest BCUT2D eigenvalue weighted by atomic mass is 10.2. The van der Waals surface area contributed by atoms with Gasteiger partial charge in [-0.2, -0.15) is 20.2 Å². The third-order valence-electron chi connectivity index (χ3n) is 4.58. The summed E-state index contributed by atoms with van der Waals surface area (Å²) in [7, 11) is 3.33. The molecule has 33 heavy (non-hydrogen) atoms. The van der Waals surface area contributed by atoms with E-state index in [0.717, 1.165) is 10.6 Å². The van der Waals surface area contributed by atoms with Crippen LogP contribution >= 0.6 is 40.2 Å². The lowest BCUT2D eigenvalue weighted by molar-refractivity contribution is 0.395. The van der Waals surface area contributed by atoms with Crippen LogP contribution in [-0.2, 0) is 7.05 Å². The Balaban J connectivity index is 1.80. The molecule has 3 aromatic heterocycles. The average molecular weight is 599 g/mol. The molecule has 0 radical (unpaired) electrons. The minimum absolute atomic E-state index is 0.0206. The van der Waals surface area contributed by atoms with Crippen LogP contribution in [0.3, 0.4) is 0 Å². The summed E-state index contributed by atoms with van der Waals surface area (Å²) in [6.07, 6.45) is 5.78. The highest BCUT2D eigenvalue weighted by Gasteiger charge is 2.21. The third kappa shape index (κ3) is 5.22. The molecule has 13 heteroatoms. The number of aryl methyl sites for hydroxylation is 2. The summed E-state index contributed by atoms with van der Waals surface area (Å²) in [5.74, 6) is 0.831. The van der Waals surface area contributed by atoms with Gasteiger partial charge in [0.1, 0.15) is 5.69 Å². The predicted octanol–water partition coefficient (Wildman–Crippen LogP) is 5.58. The van der Waals surface area contributed by atoms with E-state index < -0.39 is 5.82 Å². The Morgan fingerprint density at radius 3 is 2.67 bits per heavy atom. The summed E-state index contributed by atoms with van der Waals surface area (Å²) >= 11 is 3.70. The van der Waals surface area contributed by atoms with Crippen LogP contribution in [0.4, 0.5) is 16.0 Å². The van der Waals surface area contributed by atoms with Gasteiger partial charge in [-0.15, -0.1) is 11.8 Å². The van der Waals surface area contributed by atoms with Crippen LogP contribution in [-0.4, -0.2) is 42.7 Å². The Morgan fingerprint density at radius 1 is 1.24 bits per heavy atom. The van der Waals surface area contributed by atoms with Gasteiger partial charge in [0.2, 0.25) is 0 Å². The quantitative estimate of drug-likeness (QED) is 0.160. The number of nitrogens with zero attached hydrogens (tertiary/aromatic N) is 6. The zero-order chi connectivity index (χ0) is 23.5. The Bertz CT molecular complexity index is 1300. The van der Waals surface area contributed by atoms with Gasteiger partial charge in [-0.05, 0) is 53.4 Å². The first-order valence-corrected chi connectivity index (χ1v) is 14.9. The molecule has 0 fully saturated rings. The van der Waals surface area contributed by atoms with Crippen molar-refractivity contribution in [3.8, 4) is 28.8 Å². The van der Waals surface area contributed by atoms with Crippen LogP contribution in [0.5, 0.6) is 17.5 Å². The molecule has 9 nitrogen and oxygen atoms in total. The fourth-order valence-corrected chi connectivity index (χ4v) is 5.26. The van der Waals surface area contributed by atoms with E-state index in [1.807, 2.05) is 23.7 Å². The molecular formula is C20H20FIN7O2PS. The van der Waals surface area contributed by atoms with Gasteiger partial charge in [-0.1, -0.05) is 0 Å². The second kappa shape index (κ2) is 10.2. The fourth-order valence-electron chi connectivity index (χ4n) is 3.02. The predicted molar refractivity (Wildman–Crippen MR) is 137 cm³/mol. The minimum atomic E-state index is -0.504. The maximum Gasteiger partial charge on any atom is 0.324 e. The van der Waals surface area contributed by atoms with Crippen molar-refractivity contribution in [2.75, 3.05) is 18.7 Å². The Kier molecular flexibility index (Phi) is 7.35. The highest BCUT2D eigenvalue weighted by molar-refractivity contribution is 14.2. The van der Waals surface area contributed by atoms with E-state index >= 15 is 0 Å². The van der Waals surface area contributed by atoms with Crippen LogP contribution in [0, 0.1) is 12.7 Å². The van der Waals surface area contributed by atoms with Gasteiger partial charge in [-0.25, -0.2) is 8.84 Å². The minimum Gasteiger partial charge on any atom is -0.491 e. The van der Waals surface area contributed by atoms with Gasteiger partial charge in [0.25, 0.3) is 0 Å². The fraction of sp³-hybridized carbons (Fsp3) is 0.200. The first-order valence-electron chi connectivity index (χ1n) is 9.58. The molecule has 0 spiro atoms. The maximum atomic E-state index is 14.6. The highest BCUT2D eigenvalue weighted by Crippen LogP contribution is 2.38. The van der Waals surface area contributed by atoms with Crippen LogP contribution < -0.4 is 14.8 Å². The van der Waals surface area contributed by atoms with Gasteiger partial charge in [0, 0.05) is 35.5 Å². The SMILES string of the molecule is COc1c(Nc2cc(C)n(PI)n2)nc(Oc2ccc(SC)cc2F)nc1-c1cnn(C)c1. The van der Waals surface area contributed by atoms with Gasteiger partial charge < -0.3 is 14.8 Å². The molecule has 1 unspecified atom stereocenters. The second-order valence-electron chi connectivity index (χ2n) is 6.83. The standard InChI is InChI=1S/C20H20FIN7O2PS/c1-11-7-16(27-29(11)32-22)24-19-18(30-3)17(12-9-23-28(2)10-12)25-20(26-19)31-15-6-5-13(33-4)8-14(15)21/h5-10,32H,1-4H3,(H,24,25,26,27). The Morgan fingerprint density at radius 2 is 2.06 bits per heavy atom. The number of hydrogen-bond acceptors (Lipinski definition) is 8. The number of aromatic nitrogens is 6. The van der Waals surface area contributed by atoms with Crippen molar-refractivity contribution in [2.24, 2.45) is 7.05 Å². The lowest BCUT2D eigenvalue weighted by Gasteiger charge is -2.14.